The Kier molecular flexibility index (Phi) is 4.69. The van der Waals surface area contributed by atoms with Crippen molar-refractivity contribution in [1.29, 1.82) is 0 Å². The molecule has 0 aromatic rings. The van der Waals surface area contributed by atoms with E-state index in [9.17, 15) is 0 Å². The lowest BCUT2D eigenvalue weighted by Gasteiger charge is -2.29. The lowest BCUT2D eigenvalue weighted by Crippen LogP contribution is -2.50. The van der Waals surface area contributed by atoms with E-state index in [1.54, 1.807) is 0 Å². The van der Waals surface area contributed by atoms with Crippen LogP contribution in [-0.2, 0) is 0 Å². The Labute approximate surface area is 70.8 Å². The second-order valence-corrected chi connectivity index (χ2v) is 3.66. The third-order valence-electron chi connectivity index (χ3n) is 2.00. The molecule has 2 heteroatoms. The summed E-state index contributed by atoms with van der Waals surface area (Å²) >= 11 is 0. The Balaban J connectivity index is 3.64. The van der Waals surface area contributed by atoms with Gasteiger partial charge in [0.2, 0.25) is 0 Å². The molecule has 1 atom stereocenters. The molecule has 0 aliphatic rings. The average Bonchev–Trinajstić information content (AvgIpc) is 1.87. The van der Waals surface area contributed by atoms with Gasteiger partial charge in [-0.3, -0.25) is 5.32 Å². The van der Waals surface area contributed by atoms with Crippen LogP contribution in [0.15, 0.2) is 0 Å². The van der Waals surface area contributed by atoms with Crippen molar-refractivity contribution in [2.75, 3.05) is 6.54 Å². The molecule has 2 N–H and O–H groups in total. The summed E-state index contributed by atoms with van der Waals surface area (Å²) in [6.45, 7) is 11.9. The fraction of sp³-hybridized carbons (Fsp3) is 1.00. The van der Waals surface area contributed by atoms with Gasteiger partial charge in [-0.2, -0.15) is 0 Å². The highest BCUT2D eigenvalue weighted by Crippen LogP contribution is 2.06. The van der Waals surface area contributed by atoms with Crippen molar-refractivity contribution in [1.82, 2.24) is 10.6 Å². The fourth-order valence-electron chi connectivity index (χ4n) is 1.05. The van der Waals surface area contributed by atoms with E-state index in [-0.39, 0.29) is 5.54 Å². The highest BCUT2D eigenvalue weighted by atomic mass is 15.1. The van der Waals surface area contributed by atoms with E-state index in [0.29, 0.717) is 6.17 Å². The summed E-state index contributed by atoms with van der Waals surface area (Å²) in [5.41, 5.74) is 0.252. The molecule has 0 saturated carbocycles. The summed E-state index contributed by atoms with van der Waals surface area (Å²) in [4.78, 5) is 0. The minimum absolute atomic E-state index is 0.252. The standard InChI is InChI=1S/C9H22N2/c1-6-9(4,5)11-8(3)10-7-2/h8,10-11H,6-7H2,1-5H3. The highest BCUT2D eigenvalue weighted by Gasteiger charge is 2.15. The molecule has 0 aliphatic heterocycles. The van der Waals surface area contributed by atoms with E-state index in [4.69, 9.17) is 0 Å². The van der Waals surface area contributed by atoms with E-state index < -0.39 is 0 Å². The maximum Gasteiger partial charge on any atom is 0.0546 e. The zero-order valence-corrected chi connectivity index (χ0v) is 8.49. The van der Waals surface area contributed by atoms with Crippen LogP contribution < -0.4 is 10.6 Å². The summed E-state index contributed by atoms with van der Waals surface area (Å²) in [5.74, 6) is 0. The summed E-state index contributed by atoms with van der Waals surface area (Å²) in [5, 5.41) is 6.82. The molecule has 0 aromatic carbocycles. The molecule has 0 aliphatic carbocycles. The van der Waals surface area contributed by atoms with Crippen molar-refractivity contribution >= 4 is 0 Å². The molecule has 2 nitrogen and oxygen atoms in total. The molecule has 0 aromatic heterocycles. The summed E-state index contributed by atoms with van der Waals surface area (Å²) < 4.78 is 0. The summed E-state index contributed by atoms with van der Waals surface area (Å²) in [6, 6.07) is 0. The van der Waals surface area contributed by atoms with E-state index in [0.717, 1.165) is 13.0 Å². The van der Waals surface area contributed by atoms with Gasteiger partial charge in [-0.25, -0.2) is 0 Å². The quantitative estimate of drug-likeness (QED) is 0.595. The number of hydrogen-bond acceptors (Lipinski definition) is 2. The summed E-state index contributed by atoms with van der Waals surface area (Å²) in [6.07, 6.45) is 1.57. The van der Waals surface area contributed by atoms with Gasteiger partial charge in [-0.15, -0.1) is 0 Å². The predicted molar refractivity (Wildman–Crippen MR) is 50.6 cm³/mol. The Bertz CT molecular complexity index is 99.7. The zero-order valence-electron chi connectivity index (χ0n) is 8.49. The van der Waals surface area contributed by atoms with Crippen LogP contribution in [0.3, 0.4) is 0 Å². The first-order chi connectivity index (χ1) is 5.02. The molecular weight excluding hydrogens is 136 g/mol. The van der Waals surface area contributed by atoms with Crippen molar-refractivity contribution in [2.45, 2.75) is 52.7 Å². The van der Waals surface area contributed by atoms with Crippen molar-refractivity contribution < 1.29 is 0 Å². The van der Waals surface area contributed by atoms with Crippen molar-refractivity contribution in [3.8, 4) is 0 Å². The number of hydrogen-bond donors (Lipinski definition) is 2. The number of rotatable bonds is 5. The van der Waals surface area contributed by atoms with Gasteiger partial charge in [-0.1, -0.05) is 13.8 Å². The molecule has 0 saturated heterocycles. The Hall–Kier alpha value is -0.0800. The summed E-state index contributed by atoms with van der Waals surface area (Å²) in [7, 11) is 0. The van der Waals surface area contributed by atoms with Gasteiger partial charge in [0.1, 0.15) is 0 Å². The molecule has 0 bridgehead atoms. The smallest absolute Gasteiger partial charge is 0.0546 e. The lowest BCUT2D eigenvalue weighted by atomic mass is 10.0. The van der Waals surface area contributed by atoms with Crippen LogP contribution in [0.4, 0.5) is 0 Å². The Morgan fingerprint density at radius 1 is 1.27 bits per heavy atom. The van der Waals surface area contributed by atoms with E-state index in [1.807, 2.05) is 0 Å². The van der Waals surface area contributed by atoms with Gasteiger partial charge in [-0.05, 0) is 33.7 Å². The average molecular weight is 158 g/mol. The van der Waals surface area contributed by atoms with Gasteiger partial charge >= 0.3 is 0 Å². The topological polar surface area (TPSA) is 24.1 Å². The lowest BCUT2D eigenvalue weighted by molar-refractivity contribution is 0.307. The largest absolute Gasteiger partial charge is 0.302 e. The van der Waals surface area contributed by atoms with Gasteiger partial charge in [0.15, 0.2) is 0 Å². The van der Waals surface area contributed by atoms with Gasteiger partial charge in [0.25, 0.3) is 0 Å². The maximum atomic E-state index is 3.50. The molecular formula is C9H22N2. The van der Waals surface area contributed by atoms with Crippen LogP contribution in [0.1, 0.15) is 41.0 Å². The Morgan fingerprint density at radius 2 is 1.82 bits per heavy atom. The zero-order chi connectivity index (χ0) is 8.91. The maximum absolute atomic E-state index is 3.50. The molecule has 0 spiro atoms. The highest BCUT2D eigenvalue weighted by molar-refractivity contribution is 4.77. The van der Waals surface area contributed by atoms with Gasteiger partial charge in [0, 0.05) is 5.54 Å². The van der Waals surface area contributed by atoms with E-state index in [2.05, 4.69) is 45.3 Å². The van der Waals surface area contributed by atoms with E-state index in [1.165, 1.54) is 0 Å². The molecule has 11 heavy (non-hydrogen) atoms. The van der Waals surface area contributed by atoms with E-state index >= 15 is 0 Å². The molecule has 0 fully saturated rings. The van der Waals surface area contributed by atoms with Gasteiger partial charge < -0.3 is 5.32 Å². The minimum atomic E-state index is 0.252. The molecule has 0 heterocycles. The van der Waals surface area contributed by atoms with Crippen molar-refractivity contribution in [2.24, 2.45) is 0 Å². The molecule has 0 amide bonds. The SMILES string of the molecule is CCNC(C)NC(C)(C)CC. The first-order valence-corrected chi connectivity index (χ1v) is 4.53. The fourth-order valence-corrected chi connectivity index (χ4v) is 1.05. The second kappa shape index (κ2) is 4.73. The monoisotopic (exact) mass is 158 g/mol. The van der Waals surface area contributed by atoms with Crippen LogP contribution >= 0.6 is 0 Å². The predicted octanol–water partition coefficient (Wildman–Crippen LogP) is 1.72. The minimum Gasteiger partial charge on any atom is -0.302 e. The first kappa shape index (κ1) is 10.9. The molecule has 0 rings (SSSR count). The van der Waals surface area contributed by atoms with Crippen LogP contribution in [0.5, 0.6) is 0 Å². The van der Waals surface area contributed by atoms with Gasteiger partial charge in [0.05, 0.1) is 6.17 Å². The second-order valence-electron chi connectivity index (χ2n) is 3.66. The van der Waals surface area contributed by atoms with Crippen LogP contribution in [0, 0.1) is 0 Å². The van der Waals surface area contributed by atoms with Crippen LogP contribution in [0.25, 0.3) is 0 Å². The van der Waals surface area contributed by atoms with Crippen LogP contribution in [0.2, 0.25) is 0 Å². The third kappa shape index (κ3) is 5.22. The first-order valence-electron chi connectivity index (χ1n) is 4.53. The Morgan fingerprint density at radius 3 is 2.18 bits per heavy atom. The van der Waals surface area contributed by atoms with Crippen molar-refractivity contribution in [3.63, 3.8) is 0 Å². The third-order valence-corrected chi connectivity index (χ3v) is 2.00. The molecule has 68 valence electrons. The molecule has 1 unspecified atom stereocenters. The van der Waals surface area contributed by atoms with Crippen molar-refractivity contribution in [3.05, 3.63) is 0 Å². The van der Waals surface area contributed by atoms with Crippen LogP contribution in [-0.4, -0.2) is 18.2 Å². The number of nitrogens with one attached hydrogen (secondary N) is 2. The normalized spacial score (nSPS) is 15.0. The molecule has 0 radical (unpaired) electrons.